The zero-order chi connectivity index (χ0) is 23.5. The van der Waals surface area contributed by atoms with Crippen molar-refractivity contribution in [3.05, 3.63) is 47.3 Å². The summed E-state index contributed by atoms with van der Waals surface area (Å²) < 4.78 is 14.7. The van der Waals surface area contributed by atoms with E-state index in [1.165, 1.54) is 0 Å². The lowest BCUT2D eigenvalue weighted by atomic mass is 10.1. The molecule has 0 atom stereocenters. The molecule has 1 saturated heterocycles. The average Bonchev–Trinajstić information content (AvgIpc) is 3.30. The van der Waals surface area contributed by atoms with E-state index >= 15 is 0 Å². The third kappa shape index (κ3) is 4.59. The maximum Gasteiger partial charge on any atom is 0.276 e. The van der Waals surface area contributed by atoms with Gasteiger partial charge < -0.3 is 25.5 Å². The summed E-state index contributed by atoms with van der Waals surface area (Å²) in [7, 11) is 0. The molecule has 11 heteroatoms. The number of hydrogen-bond acceptors (Lipinski definition) is 7. The number of aryl methyl sites for hydroxylation is 2. The van der Waals surface area contributed by atoms with Crippen LogP contribution in [-0.2, 0) is 17.8 Å². The maximum atomic E-state index is 13.1. The highest BCUT2D eigenvalue weighted by Gasteiger charge is 2.25. The maximum absolute atomic E-state index is 13.1. The fourth-order valence-electron chi connectivity index (χ4n) is 3.61. The number of amides is 2. The number of fused-ring (bicyclic) bond motifs is 1. The molecule has 0 saturated carbocycles. The lowest BCUT2D eigenvalue weighted by molar-refractivity contribution is -0.0792. The topological polar surface area (TPSA) is 152 Å². The number of anilines is 1. The second-order valence-corrected chi connectivity index (χ2v) is 7.68. The predicted octanol–water partition coefficient (Wildman–Crippen LogP) is 1.20. The summed E-state index contributed by atoms with van der Waals surface area (Å²) in [4.78, 5) is 29.6. The molecule has 0 unspecified atom stereocenters. The van der Waals surface area contributed by atoms with Crippen LogP contribution in [0.4, 0.5) is 5.95 Å². The minimum atomic E-state index is -0.600. The molecule has 3 heterocycles. The van der Waals surface area contributed by atoms with Crippen LogP contribution in [0.15, 0.2) is 30.4 Å². The van der Waals surface area contributed by atoms with Crippen LogP contribution in [0.25, 0.3) is 11.0 Å². The Morgan fingerprint density at radius 1 is 1.30 bits per heavy atom. The monoisotopic (exact) mass is 453 g/mol. The van der Waals surface area contributed by atoms with Crippen LogP contribution in [0.5, 0.6) is 5.75 Å². The lowest BCUT2D eigenvalue weighted by Crippen LogP contribution is -2.38. The molecule has 1 fully saturated rings. The van der Waals surface area contributed by atoms with Crippen LogP contribution in [0.2, 0.25) is 0 Å². The molecule has 174 valence electrons. The SMILES string of the molecule is CCn1nc(C)cc1C(=O)Nc1nc2cc(C(N)=O)cc(OC3COC3)c2n1C/C=C/CN. The molecule has 0 bridgehead atoms. The molecule has 0 aliphatic carbocycles. The first kappa shape index (κ1) is 22.5. The van der Waals surface area contributed by atoms with Gasteiger partial charge in [-0.1, -0.05) is 12.2 Å². The molecule has 4 rings (SSSR count). The van der Waals surface area contributed by atoms with Crippen LogP contribution < -0.4 is 21.5 Å². The van der Waals surface area contributed by atoms with E-state index in [4.69, 9.17) is 20.9 Å². The Hall–Kier alpha value is -3.70. The van der Waals surface area contributed by atoms with Gasteiger partial charge in [-0.3, -0.25) is 19.6 Å². The molecular formula is C22H27N7O4. The smallest absolute Gasteiger partial charge is 0.276 e. The third-order valence-electron chi connectivity index (χ3n) is 5.24. The number of hydrogen-bond donors (Lipinski definition) is 3. The van der Waals surface area contributed by atoms with E-state index in [1.807, 2.05) is 26.0 Å². The van der Waals surface area contributed by atoms with Gasteiger partial charge in [-0.25, -0.2) is 4.98 Å². The molecule has 11 nitrogen and oxygen atoms in total. The summed E-state index contributed by atoms with van der Waals surface area (Å²) in [6, 6.07) is 4.90. The van der Waals surface area contributed by atoms with E-state index in [0.29, 0.717) is 61.3 Å². The Bertz CT molecular complexity index is 1220. The number of rotatable bonds is 9. The van der Waals surface area contributed by atoms with Gasteiger partial charge in [-0.05, 0) is 32.0 Å². The van der Waals surface area contributed by atoms with Crippen LogP contribution >= 0.6 is 0 Å². The number of aromatic nitrogens is 4. The van der Waals surface area contributed by atoms with Crippen LogP contribution in [0.3, 0.4) is 0 Å². The Kier molecular flexibility index (Phi) is 6.43. The molecule has 1 aliphatic rings. The second kappa shape index (κ2) is 9.43. The highest BCUT2D eigenvalue weighted by Crippen LogP contribution is 2.32. The number of carbonyl (C=O) groups excluding carboxylic acids is 2. The molecule has 0 radical (unpaired) electrons. The molecule has 0 spiro atoms. The summed E-state index contributed by atoms with van der Waals surface area (Å²) in [6.07, 6.45) is 3.54. The van der Waals surface area contributed by atoms with Gasteiger partial charge >= 0.3 is 0 Å². The number of ether oxygens (including phenoxy) is 2. The highest BCUT2D eigenvalue weighted by molar-refractivity contribution is 6.04. The van der Waals surface area contributed by atoms with Crippen LogP contribution in [-0.4, -0.2) is 57.0 Å². The molecule has 33 heavy (non-hydrogen) atoms. The standard InChI is InChI=1S/C22H27N7O4/c1-3-29-17(8-13(2)27-29)21(31)26-22-25-16-9-14(20(24)30)10-18(33-15-11-32-12-15)19(16)28(22)7-5-4-6-23/h4-5,8-10,15H,3,6-7,11-12,23H2,1-2H3,(H2,24,30)(H,25,26,31)/b5-4+. The van der Waals surface area contributed by atoms with Crippen molar-refractivity contribution in [3.63, 3.8) is 0 Å². The van der Waals surface area contributed by atoms with E-state index in [2.05, 4.69) is 15.4 Å². The lowest BCUT2D eigenvalue weighted by Gasteiger charge is -2.27. The van der Waals surface area contributed by atoms with Gasteiger partial charge in [-0.2, -0.15) is 5.10 Å². The molecule has 3 aromatic rings. The number of benzene rings is 1. The normalized spacial score (nSPS) is 14.0. The van der Waals surface area contributed by atoms with Crippen molar-refractivity contribution in [1.82, 2.24) is 19.3 Å². The fourth-order valence-corrected chi connectivity index (χ4v) is 3.61. The first-order valence-electron chi connectivity index (χ1n) is 10.7. The predicted molar refractivity (Wildman–Crippen MR) is 122 cm³/mol. The van der Waals surface area contributed by atoms with E-state index in [1.54, 1.807) is 27.4 Å². The van der Waals surface area contributed by atoms with Gasteiger partial charge in [0.2, 0.25) is 11.9 Å². The molecule has 1 aliphatic heterocycles. The first-order valence-corrected chi connectivity index (χ1v) is 10.7. The largest absolute Gasteiger partial charge is 0.483 e. The Labute approximate surface area is 190 Å². The summed E-state index contributed by atoms with van der Waals surface area (Å²) in [5, 5.41) is 7.21. The highest BCUT2D eigenvalue weighted by atomic mass is 16.6. The third-order valence-corrected chi connectivity index (χ3v) is 5.24. The van der Waals surface area contributed by atoms with E-state index in [0.717, 1.165) is 5.69 Å². The minimum absolute atomic E-state index is 0.140. The number of imidazole rings is 1. The number of nitrogens with zero attached hydrogens (tertiary/aromatic N) is 4. The zero-order valence-corrected chi connectivity index (χ0v) is 18.6. The number of primary amides is 1. The Balaban J connectivity index is 1.80. The van der Waals surface area contributed by atoms with E-state index in [9.17, 15) is 9.59 Å². The number of nitrogens with one attached hydrogen (secondary N) is 1. The first-order chi connectivity index (χ1) is 15.9. The van der Waals surface area contributed by atoms with Gasteiger partial charge in [-0.15, -0.1) is 0 Å². The van der Waals surface area contributed by atoms with Crippen molar-refractivity contribution in [3.8, 4) is 5.75 Å². The molecule has 1 aromatic carbocycles. The number of carbonyl (C=O) groups is 2. The van der Waals surface area contributed by atoms with Crippen molar-refractivity contribution in [1.29, 1.82) is 0 Å². The van der Waals surface area contributed by atoms with E-state index in [-0.39, 0.29) is 17.6 Å². The Morgan fingerprint density at radius 3 is 2.73 bits per heavy atom. The van der Waals surface area contributed by atoms with E-state index < -0.39 is 5.91 Å². The minimum Gasteiger partial charge on any atom is -0.483 e. The van der Waals surface area contributed by atoms with Crippen molar-refractivity contribution in [2.45, 2.75) is 33.0 Å². The van der Waals surface area contributed by atoms with Gasteiger partial charge in [0, 0.05) is 25.2 Å². The van der Waals surface area contributed by atoms with Crippen molar-refractivity contribution < 1.29 is 19.1 Å². The Morgan fingerprint density at radius 2 is 2.09 bits per heavy atom. The van der Waals surface area contributed by atoms with Crippen molar-refractivity contribution in [2.75, 3.05) is 25.1 Å². The summed E-state index contributed by atoms with van der Waals surface area (Å²) in [6.45, 7) is 5.95. The fraction of sp³-hybridized carbons (Fsp3) is 0.364. The van der Waals surface area contributed by atoms with Crippen LogP contribution in [0, 0.1) is 6.92 Å². The summed E-state index contributed by atoms with van der Waals surface area (Å²) in [5.41, 5.74) is 13.7. The quantitative estimate of drug-likeness (QED) is 0.412. The summed E-state index contributed by atoms with van der Waals surface area (Å²) >= 11 is 0. The van der Waals surface area contributed by atoms with Gasteiger partial charge in [0.25, 0.3) is 5.91 Å². The van der Waals surface area contributed by atoms with Gasteiger partial charge in [0.15, 0.2) is 0 Å². The van der Waals surface area contributed by atoms with Gasteiger partial charge in [0.05, 0.1) is 24.4 Å². The van der Waals surface area contributed by atoms with Crippen molar-refractivity contribution >= 4 is 28.8 Å². The molecule has 2 aromatic heterocycles. The zero-order valence-electron chi connectivity index (χ0n) is 18.6. The molecular weight excluding hydrogens is 426 g/mol. The number of allylic oxidation sites excluding steroid dienone is 1. The molecule has 2 amide bonds. The van der Waals surface area contributed by atoms with Crippen LogP contribution in [0.1, 0.15) is 33.5 Å². The average molecular weight is 454 g/mol. The van der Waals surface area contributed by atoms with Crippen molar-refractivity contribution in [2.24, 2.45) is 11.5 Å². The number of nitrogens with two attached hydrogens (primary N) is 2. The summed E-state index contributed by atoms with van der Waals surface area (Å²) in [5.74, 6) is -0.202. The second-order valence-electron chi connectivity index (χ2n) is 7.68. The molecule has 5 N–H and O–H groups in total. The van der Waals surface area contributed by atoms with Gasteiger partial charge in [0.1, 0.15) is 23.1 Å².